The Hall–Kier alpha value is -2.15. The summed E-state index contributed by atoms with van der Waals surface area (Å²) in [5, 5.41) is 2.97. The molecule has 0 radical (unpaired) electrons. The number of sulfonamides is 1. The lowest BCUT2D eigenvalue weighted by Gasteiger charge is -2.09. The van der Waals surface area contributed by atoms with Crippen LogP contribution in [0.15, 0.2) is 41.4 Å². The van der Waals surface area contributed by atoms with Crippen molar-refractivity contribution in [1.29, 1.82) is 0 Å². The van der Waals surface area contributed by atoms with E-state index in [-0.39, 0.29) is 10.6 Å². The quantitative estimate of drug-likeness (QED) is 0.891. The average Bonchev–Trinajstić information content (AvgIpc) is 2.44. The second kappa shape index (κ2) is 6.09. The number of nitrogens with zero attached hydrogens (tertiary/aromatic N) is 1. The lowest BCUT2D eigenvalue weighted by atomic mass is 10.2. The van der Waals surface area contributed by atoms with Gasteiger partial charge in [-0.15, -0.1) is 0 Å². The molecule has 0 bridgehead atoms. The van der Waals surface area contributed by atoms with E-state index in [0.29, 0.717) is 17.9 Å². The van der Waals surface area contributed by atoms with Crippen LogP contribution >= 0.6 is 0 Å². The van der Waals surface area contributed by atoms with E-state index < -0.39 is 15.8 Å². The van der Waals surface area contributed by atoms with Gasteiger partial charge in [-0.25, -0.2) is 17.8 Å². The van der Waals surface area contributed by atoms with Crippen molar-refractivity contribution in [3.8, 4) is 0 Å². The Balaban J connectivity index is 2.23. The zero-order valence-corrected chi connectivity index (χ0v) is 12.5. The van der Waals surface area contributed by atoms with Crippen LogP contribution < -0.4 is 10.0 Å². The molecule has 21 heavy (non-hydrogen) atoms. The lowest BCUT2D eigenvalue weighted by molar-refractivity contribution is 0.600. The summed E-state index contributed by atoms with van der Waals surface area (Å²) < 4.78 is 40.1. The molecule has 2 N–H and O–H groups in total. The smallest absolute Gasteiger partial charge is 0.263 e. The molecule has 2 rings (SSSR count). The zero-order valence-electron chi connectivity index (χ0n) is 11.7. The first-order chi connectivity index (χ1) is 9.92. The maximum atomic E-state index is 13.4. The molecular formula is C14H16FN3O2S. The minimum atomic E-state index is -3.78. The second-order valence-electron chi connectivity index (χ2n) is 4.48. The molecule has 0 saturated carbocycles. The Kier molecular flexibility index (Phi) is 4.42. The van der Waals surface area contributed by atoms with Crippen molar-refractivity contribution < 1.29 is 12.8 Å². The molecule has 5 nitrogen and oxygen atoms in total. The Morgan fingerprint density at radius 3 is 2.57 bits per heavy atom. The highest BCUT2D eigenvalue weighted by atomic mass is 32.2. The molecule has 0 atom stereocenters. The van der Waals surface area contributed by atoms with Gasteiger partial charge in [0.1, 0.15) is 16.5 Å². The molecule has 0 aliphatic rings. The number of pyridine rings is 1. The van der Waals surface area contributed by atoms with Crippen LogP contribution in [0, 0.1) is 12.7 Å². The van der Waals surface area contributed by atoms with E-state index in [0.717, 1.165) is 6.07 Å². The van der Waals surface area contributed by atoms with Crippen LogP contribution in [0.25, 0.3) is 0 Å². The van der Waals surface area contributed by atoms with Crippen molar-refractivity contribution in [3.63, 3.8) is 0 Å². The Morgan fingerprint density at radius 2 is 2.00 bits per heavy atom. The van der Waals surface area contributed by atoms with E-state index in [9.17, 15) is 12.8 Å². The maximum Gasteiger partial charge on any atom is 0.263 e. The number of nitrogens with one attached hydrogen (secondary N) is 2. The Bertz CT molecular complexity index is 730. The molecule has 0 aliphatic heterocycles. The van der Waals surface area contributed by atoms with Gasteiger partial charge in [0, 0.05) is 12.7 Å². The summed E-state index contributed by atoms with van der Waals surface area (Å²) in [6, 6.07) is 7.19. The van der Waals surface area contributed by atoms with E-state index in [2.05, 4.69) is 15.0 Å². The third kappa shape index (κ3) is 3.69. The molecule has 1 aromatic carbocycles. The minimum Gasteiger partial charge on any atom is -0.370 e. The molecule has 0 fully saturated rings. The van der Waals surface area contributed by atoms with Gasteiger partial charge < -0.3 is 5.32 Å². The van der Waals surface area contributed by atoms with Gasteiger partial charge in [-0.3, -0.25) is 4.72 Å². The molecule has 7 heteroatoms. The fourth-order valence-electron chi connectivity index (χ4n) is 1.70. The van der Waals surface area contributed by atoms with Gasteiger partial charge >= 0.3 is 0 Å². The molecule has 0 aliphatic carbocycles. The average molecular weight is 309 g/mol. The van der Waals surface area contributed by atoms with E-state index in [1.54, 1.807) is 13.0 Å². The van der Waals surface area contributed by atoms with Crippen molar-refractivity contribution in [1.82, 2.24) is 4.98 Å². The number of aromatic nitrogens is 1. The highest BCUT2D eigenvalue weighted by Crippen LogP contribution is 2.18. The first kappa shape index (κ1) is 15.2. The van der Waals surface area contributed by atoms with Crippen LogP contribution in [-0.2, 0) is 10.0 Å². The number of anilines is 2. The van der Waals surface area contributed by atoms with Gasteiger partial charge in [0.2, 0.25) is 0 Å². The van der Waals surface area contributed by atoms with Gasteiger partial charge in [0.05, 0.1) is 5.69 Å². The minimum absolute atomic E-state index is 0.0186. The summed E-state index contributed by atoms with van der Waals surface area (Å²) in [6.45, 7) is 4.22. The van der Waals surface area contributed by atoms with Crippen LogP contribution in [0.3, 0.4) is 0 Å². The van der Waals surface area contributed by atoms with Crippen LogP contribution in [0.2, 0.25) is 0 Å². The maximum absolute atomic E-state index is 13.4. The number of aryl methyl sites for hydroxylation is 1. The molecule has 0 unspecified atom stereocenters. The Labute approximate surface area is 123 Å². The fourth-order valence-corrected chi connectivity index (χ4v) is 2.69. The fraction of sp³-hybridized carbons (Fsp3) is 0.214. The first-order valence-corrected chi connectivity index (χ1v) is 7.89. The largest absolute Gasteiger partial charge is 0.370 e. The summed E-state index contributed by atoms with van der Waals surface area (Å²) in [5.41, 5.74) is 0.628. The van der Waals surface area contributed by atoms with Gasteiger partial charge in [-0.05, 0) is 43.7 Å². The summed E-state index contributed by atoms with van der Waals surface area (Å²) in [5.74, 6) is 0.133. The van der Waals surface area contributed by atoms with E-state index >= 15 is 0 Å². The van der Waals surface area contributed by atoms with Gasteiger partial charge in [-0.1, -0.05) is 6.07 Å². The number of hydrogen-bond donors (Lipinski definition) is 2. The highest BCUT2D eigenvalue weighted by Gasteiger charge is 2.15. The molecule has 0 amide bonds. The van der Waals surface area contributed by atoms with Crippen LogP contribution in [0.4, 0.5) is 15.9 Å². The molecule has 0 spiro atoms. The summed E-state index contributed by atoms with van der Waals surface area (Å²) >= 11 is 0. The molecule has 112 valence electrons. The van der Waals surface area contributed by atoms with Crippen LogP contribution in [0.5, 0.6) is 0 Å². The normalized spacial score (nSPS) is 11.2. The van der Waals surface area contributed by atoms with E-state index in [1.807, 2.05) is 6.92 Å². The topological polar surface area (TPSA) is 71.1 Å². The standard InChI is InChI=1S/C14H16FN3O2S/c1-3-16-14-7-6-12(9-17-14)21(19,20)18-11-5-4-10(2)13(15)8-11/h4-9,18H,3H2,1-2H3,(H,16,17). The molecule has 0 saturated heterocycles. The SMILES string of the molecule is CCNc1ccc(S(=O)(=O)Nc2ccc(C)c(F)c2)cn1. The summed E-state index contributed by atoms with van der Waals surface area (Å²) in [7, 11) is -3.78. The van der Waals surface area contributed by atoms with Gasteiger partial charge in [0.15, 0.2) is 0 Å². The third-order valence-electron chi connectivity index (χ3n) is 2.83. The van der Waals surface area contributed by atoms with Crippen molar-refractivity contribution >= 4 is 21.5 Å². The Morgan fingerprint density at radius 1 is 1.24 bits per heavy atom. The van der Waals surface area contributed by atoms with E-state index in [4.69, 9.17) is 0 Å². The van der Waals surface area contributed by atoms with Gasteiger partial charge in [-0.2, -0.15) is 0 Å². The van der Waals surface area contributed by atoms with Crippen molar-refractivity contribution in [3.05, 3.63) is 47.9 Å². The third-order valence-corrected chi connectivity index (χ3v) is 4.20. The molecular weight excluding hydrogens is 293 g/mol. The second-order valence-corrected chi connectivity index (χ2v) is 6.16. The molecule has 2 aromatic rings. The van der Waals surface area contributed by atoms with Crippen molar-refractivity contribution in [2.45, 2.75) is 18.7 Å². The number of halogens is 1. The highest BCUT2D eigenvalue weighted by molar-refractivity contribution is 7.92. The van der Waals surface area contributed by atoms with Crippen molar-refractivity contribution in [2.24, 2.45) is 0 Å². The van der Waals surface area contributed by atoms with Crippen molar-refractivity contribution in [2.75, 3.05) is 16.6 Å². The summed E-state index contributed by atoms with van der Waals surface area (Å²) in [6.07, 6.45) is 1.25. The van der Waals surface area contributed by atoms with Gasteiger partial charge in [0.25, 0.3) is 10.0 Å². The number of benzene rings is 1. The summed E-state index contributed by atoms with van der Waals surface area (Å²) in [4.78, 5) is 4.02. The molecule has 1 heterocycles. The zero-order chi connectivity index (χ0) is 15.5. The van der Waals surface area contributed by atoms with Crippen LogP contribution in [-0.4, -0.2) is 19.9 Å². The monoisotopic (exact) mass is 309 g/mol. The number of rotatable bonds is 5. The molecule has 1 aromatic heterocycles. The predicted octanol–water partition coefficient (Wildman–Crippen LogP) is 2.76. The number of hydrogen-bond acceptors (Lipinski definition) is 4. The first-order valence-electron chi connectivity index (χ1n) is 6.41. The lowest BCUT2D eigenvalue weighted by Crippen LogP contribution is -2.13. The van der Waals surface area contributed by atoms with Crippen LogP contribution in [0.1, 0.15) is 12.5 Å². The van der Waals surface area contributed by atoms with E-state index in [1.165, 1.54) is 24.4 Å². The predicted molar refractivity (Wildman–Crippen MR) is 80.3 cm³/mol.